The predicted octanol–water partition coefficient (Wildman–Crippen LogP) is 0.807. The number of carbonyl (C=O) groups is 1. The van der Waals surface area contributed by atoms with Gasteiger partial charge in [-0.2, -0.15) is 0 Å². The van der Waals surface area contributed by atoms with Crippen molar-refractivity contribution in [1.29, 1.82) is 0 Å². The molecule has 1 aromatic rings. The van der Waals surface area contributed by atoms with Gasteiger partial charge >= 0.3 is 0 Å². The fraction of sp³-hybridized carbons (Fsp3) is 0.632. The molecule has 1 N–H and O–H groups in total. The van der Waals surface area contributed by atoms with Crippen molar-refractivity contribution in [3.05, 3.63) is 35.4 Å². The maximum Gasteiger partial charge on any atom is 0.224 e. The molecule has 2 saturated heterocycles. The number of carbonyl (C=O) groups excluding carboxylic acids is 1. The highest BCUT2D eigenvalue weighted by Gasteiger charge is 2.29. The van der Waals surface area contributed by atoms with Gasteiger partial charge in [0, 0.05) is 39.3 Å². The Balaban J connectivity index is 1.52. The van der Waals surface area contributed by atoms with Crippen molar-refractivity contribution in [2.45, 2.75) is 25.9 Å². The Morgan fingerprint density at radius 3 is 2.70 bits per heavy atom. The van der Waals surface area contributed by atoms with E-state index in [0.717, 1.165) is 51.3 Å². The number of nitrogens with zero attached hydrogens (tertiary/aromatic N) is 2. The lowest BCUT2D eigenvalue weighted by Crippen LogP contribution is -2.44. The van der Waals surface area contributed by atoms with E-state index in [-0.39, 0.29) is 18.4 Å². The van der Waals surface area contributed by atoms with Crippen LogP contribution >= 0.6 is 0 Å². The van der Waals surface area contributed by atoms with Gasteiger partial charge in [-0.15, -0.1) is 0 Å². The highest BCUT2D eigenvalue weighted by Crippen LogP contribution is 2.19. The Labute approximate surface area is 161 Å². The molecule has 1 atom stereocenters. The fourth-order valence-corrected chi connectivity index (χ4v) is 4.56. The van der Waals surface area contributed by atoms with E-state index < -0.39 is 10.0 Å². The van der Waals surface area contributed by atoms with Gasteiger partial charge in [-0.05, 0) is 24.0 Å². The quantitative estimate of drug-likeness (QED) is 0.771. The minimum Gasteiger partial charge on any atom is -0.379 e. The monoisotopic (exact) mass is 395 g/mol. The van der Waals surface area contributed by atoms with Crippen molar-refractivity contribution >= 4 is 15.9 Å². The van der Waals surface area contributed by atoms with Crippen molar-refractivity contribution in [2.24, 2.45) is 5.92 Å². The summed E-state index contributed by atoms with van der Waals surface area (Å²) in [4.78, 5) is 14.9. The normalized spacial score (nSPS) is 22.5. The number of hydrogen-bond donors (Lipinski definition) is 1. The zero-order valence-electron chi connectivity index (χ0n) is 15.9. The van der Waals surface area contributed by atoms with Gasteiger partial charge < -0.3 is 10.1 Å². The lowest BCUT2D eigenvalue weighted by Gasteiger charge is -2.30. The van der Waals surface area contributed by atoms with Gasteiger partial charge in [0.1, 0.15) is 0 Å². The number of hydrogen-bond acceptors (Lipinski definition) is 5. The molecular weight excluding hydrogens is 366 g/mol. The minimum absolute atomic E-state index is 0.0677. The average molecular weight is 396 g/mol. The molecule has 0 unspecified atom stereocenters. The lowest BCUT2D eigenvalue weighted by atomic mass is 9.98. The van der Waals surface area contributed by atoms with Gasteiger partial charge in [0.2, 0.25) is 15.9 Å². The highest BCUT2D eigenvalue weighted by molar-refractivity contribution is 7.88. The maximum atomic E-state index is 12.5. The number of morpholine rings is 1. The summed E-state index contributed by atoms with van der Waals surface area (Å²) in [5.41, 5.74) is 2.29. The number of sulfonamides is 1. The first-order valence-corrected chi connectivity index (χ1v) is 11.4. The van der Waals surface area contributed by atoms with Crippen LogP contribution in [0, 0.1) is 5.92 Å². The molecule has 150 valence electrons. The summed E-state index contributed by atoms with van der Waals surface area (Å²) in [5.74, 6) is -0.341. The van der Waals surface area contributed by atoms with Crippen LogP contribution in [0.1, 0.15) is 24.0 Å². The number of benzene rings is 1. The second-order valence-electron chi connectivity index (χ2n) is 7.39. The summed E-state index contributed by atoms with van der Waals surface area (Å²) in [5, 5.41) is 2.98. The second kappa shape index (κ2) is 9.14. The third kappa shape index (κ3) is 6.00. The zero-order valence-corrected chi connectivity index (χ0v) is 16.7. The third-order valence-electron chi connectivity index (χ3n) is 5.19. The van der Waals surface area contributed by atoms with Crippen molar-refractivity contribution in [3.8, 4) is 0 Å². The Hall–Kier alpha value is -1.48. The number of rotatable bonds is 6. The molecular formula is C19H29N3O4S. The SMILES string of the molecule is CS(=O)(=O)N1CCC[C@H](C(=O)NCc2cccc(CN3CCOCC3)c2)C1. The summed E-state index contributed by atoms with van der Waals surface area (Å²) in [6.07, 6.45) is 2.66. The molecule has 2 aliphatic rings. The molecule has 3 rings (SSSR count). The number of piperidine rings is 1. The first-order valence-electron chi connectivity index (χ1n) is 9.52. The largest absolute Gasteiger partial charge is 0.379 e. The van der Waals surface area contributed by atoms with Crippen LogP contribution in [0.5, 0.6) is 0 Å². The van der Waals surface area contributed by atoms with Crippen molar-refractivity contribution < 1.29 is 17.9 Å². The average Bonchev–Trinajstić information content (AvgIpc) is 2.67. The maximum absolute atomic E-state index is 12.5. The Morgan fingerprint density at radius 2 is 1.96 bits per heavy atom. The smallest absolute Gasteiger partial charge is 0.224 e. The lowest BCUT2D eigenvalue weighted by molar-refractivity contribution is -0.126. The summed E-state index contributed by atoms with van der Waals surface area (Å²) in [7, 11) is -3.24. The number of ether oxygens (including phenoxy) is 1. The molecule has 8 heteroatoms. The van der Waals surface area contributed by atoms with Crippen LogP contribution in [0.4, 0.5) is 0 Å². The van der Waals surface area contributed by atoms with Crippen LogP contribution in [-0.4, -0.2) is 69.2 Å². The highest BCUT2D eigenvalue weighted by atomic mass is 32.2. The summed E-state index contributed by atoms with van der Waals surface area (Å²) >= 11 is 0. The molecule has 2 aliphatic heterocycles. The van der Waals surface area contributed by atoms with Gasteiger partial charge in [0.25, 0.3) is 0 Å². The van der Waals surface area contributed by atoms with Crippen LogP contribution in [0.15, 0.2) is 24.3 Å². The molecule has 27 heavy (non-hydrogen) atoms. The van der Waals surface area contributed by atoms with E-state index >= 15 is 0 Å². The molecule has 0 radical (unpaired) electrons. The van der Waals surface area contributed by atoms with Crippen LogP contribution in [-0.2, 0) is 32.6 Å². The predicted molar refractivity (Wildman–Crippen MR) is 104 cm³/mol. The Kier molecular flexibility index (Phi) is 6.86. The second-order valence-corrected chi connectivity index (χ2v) is 9.37. The molecule has 2 fully saturated rings. The zero-order chi connectivity index (χ0) is 19.3. The van der Waals surface area contributed by atoms with E-state index in [9.17, 15) is 13.2 Å². The number of nitrogens with one attached hydrogen (secondary N) is 1. The van der Waals surface area contributed by atoms with Gasteiger partial charge in [0.15, 0.2) is 0 Å². The van der Waals surface area contributed by atoms with Crippen molar-refractivity contribution in [1.82, 2.24) is 14.5 Å². The molecule has 0 aliphatic carbocycles. The summed E-state index contributed by atoms with van der Waals surface area (Å²) in [6, 6.07) is 8.25. The van der Waals surface area contributed by atoms with Crippen molar-refractivity contribution in [3.63, 3.8) is 0 Å². The summed E-state index contributed by atoms with van der Waals surface area (Å²) in [6.45, 7) is 5.58. The van der Waals surface area contributed by atoms with Crippen molar-refractivity contribution in [2.75, 3.05) is 45.6 Å². The van der Waals surface area contributed by atoms with Crippen LogP contribution < -0.4 is 5.32 Å². The van der Waals surface area contributed by atoms with E-state index in [4.69, 9.17) is 4.74 Å². The number of amides is 1. The van der Waals surface area contributed by atoms with Gasteiger partial charge in [-0.1, -0.05) is 24.3 Å². The van der Waals surface area contributed by atoms with Crippen LogP contribution in [0.25, 0.3) is 0 Å². The Bertz CT molecular complexity index is 747. The molecule has 0 spiro atoms. The first-order chi connectivity index (χ1) is 12.9. The standard InChI is InChI=1S/C19H29N3O4S/c1-27(24,25)22-7-3-6-18(15-22)19(23)20-13-16-4-2-5-17(12-16)14-21-8-10-26-11-9-21/h2,4-5,12,18H,3,6-11,13-15H2,1H3,(H,20,23)/t18-/m0/s1. The van der Waals surface area contributed by atoms with Gasteiger partial charge in [0.05, 0.1) is 25.4 Å². The third-order valence-corrected chi connectivity index (χ3v) is 6.46. The van der Waals surface area contributed by atoms with Gasteiger partial charge in [-0.25, -0.2) is 12.7 Å². The first kappa shape index (κ1) is 20.3. The van der Waals surface area contributed by atoms with E-state index in [0.29, 0.717) is 13.1 Å². The van der Waals surface area contributed by atoms with Crippen LogP contribution in [0.3, 0.4) is 0 Å². The van der Waals surface area contributed by atoms with E-state index in [1.54, 1.807) is 0 Å². The molecule has 0 saturated carbocycles. The summed E-state index contributed by atoms with van der Waals surface area (Å²) < 4.78 is 30.2. The Morgan fingerprint density at radius 1 is 1.22 bits per heavy atom. The minimum atomic E-state index is -3.24. The van der Waals surface area contributed by atoms with E-state index in [2.05, 4.69) is 22.3 Å². The van der Waals surface area contributed by atoms with E-state index in [1.165, 1.54) is 16.1 Å². The molecule has 7 nitrogen and oxygen atoms in total. The molecule has 1 amide bonds. The molecule has 0 bridgehead atoms. The van der Waals surface area contributed by atoms with Crippen LogP contribution in [0.2, 0.25) is 0 Å². The molecule has 2 heterocycles. The molecule has 0 aromatic heterocycles. The van der Waals surface area contributed by atoms with E-state index in [1.807, 2.05) is 12.1 Å². The topological polar surface area (TPSA) is 79.0 Å². The molecule has 1 aromatic carbocycles. The fourth-order valence-electron chi connectivity index (χ4n) is 3.65. The van der Waals surface area contributed by atoms with Gasteiger partial charge in [-0.3, -0.25) is 9.69 Å².